The number of aryl methyl sites for hydroxylation is 1. The van der Waals surface area contributed by atoms with Gasteiger partial charge in [0, 0.05) is 19.4 Å². The molecule has 0 spiro atoms. The normalized spacial score (nSPS) is 11.3. The van der Waals surface area contributed by atoms with Crippen molar-refractivity contribution in [3.63, 3.8) is 0 Å². The predicted octanol–water partition coefficient (Wildman–Crippen LogP) is 5.05. The molecule has 0 aliphatic heterocycles. The van der Waals surface area contributed by atoms with Crippen molar-refractivity contribution in [2.75, 3.05) is 20.3 Å². The molecule has 0 aliphatic carbocycles. The van der Waals surface area contributed by atoms with Gasteiger partial charge in [-0.15, -0.1) is 0 Å². The number of ether oxygens (including phenoxy) is 2. The molecular formula is C21H27NO2. The highest BCUT2D eigenvalue weighted by Gasteiger charge is 1.98. The summed E-state index contributed by atoms with van der Waals surface area (Å²) in [5.74, 6) is 1.45. The maximum absolute atomic E-state index is 5.63. The van der Waals surface area contributed by atoms with Gasteiger partial charge in [0.15, 0.2) is 0 Å². The Morgan fingerprint density at radius 1 is 1.08 bits per heavy atom. The monoisotopic (exact) mass is 325 g/mol. The first-order valence-electron chi connectivity index (χ1n) is 8.52. The zero-order valence-corrected chi connectivity index (χ0v) is 14.9. The van der Waals surface area contributed by atoms with Gasteiger partial charge in [0.25, 0.3) is 0 Å². The van der Waals surface area contributed by atoms with E-state index in [4.69, 9.17) is 9.47 Å². The molecule has 0 bridgehead atoms. The summed E-state index contributed by atoms with van der Waals surface area (Å²) in [6.07, 6.45) is 3.94. The van der Waals surface area contributed by atoms with Gasteiger partial charge >= 0.3 is 0 Å². The minimum absolute atomic E-state index is 0.598. The van der Waals surface area contributed by atoms with Crippen LogP contribution in [-0.4, -0.2) is 26.5 Å². The highest BCUT2D eigenvalue weighted by Crippen LogP contribution is 2.16. The topological polar surface area (TPSA) is 30.8 Å². The Morgan fingerprint density at radius 2 is 1.88 bits per heavy atom. The standard InChI is InChI=1S/C21H27NO2/c1-17(2)16-24-13-5-7-18-6-4-8-20(14-18)22-15-19-9-11-21(23-3)12-10-19/h4,6,8-12,14-15,17H,5,7,13,16H2,1-3H3. The molecule has 0 saturated heterocycles. The molecular weight excluding hydrogens is 298 g/mol. The van der Waals surface area contributed by atoms with E-state index in [0.29, 0.717) is 5.92 Å². The summed E-state index contributed by atoms with van der Waals surface area (Å²) in [5.41, 5.74) is 3.34. The Balaban J connectivity index is 1.86. The van der Waals surface area contributed by atoms with Gasteiger partial charge in [-0.3, -0.25) is 4.99 Å². The molecule has 0 atom stereocenters. The van der Waals surface area contributed by atoms with E-state index in [-0.39, 0.29) is 0 Å². The van der Waals surface area contributed by atoms with Gasteiger partial charge < -0.3 is 9.47 Å². The van der Waals surface area contributed by atoms with Gasteiger partial charge in [-0.25, -0.2) is 0 Å². The summed E-state index contributed by atoms with van der Waals surface area (Å²) in [4.78, 5) is 4.56. The van der Waals surface area contributed by atoms with Crippen molar-refractivity contribution in [3.8, 4) is 5.75 Å². The van der Waals surface area contributed by atoms with Crippen LogP contribution in [-0.2, 0) is 11.2 Å². The van der Waals surface area contributed by atoms with Crippen LogP contribution in [0.25, 0.3) is 0 Å². The molecule has 0 aliphatic rings. The van der Waals surface area contributed by atoms with Gasteiger partial charge in [-0.1, -0.05) is 26.0 Å². The fourth-order valence-electron chi connectivity index (χ4n) is 2.33. The van der Waals surface area contributed by atoms with Crippen molar-refractivity contribution >= 4 is 11.9 Å². The first kappa shape index (κ1) is 18.2. The molecule has 0 heterocycles. The second kappa shape index (κ2) is 9.89. The van der Waals surface area contributed by atoms with Gasteiger partial charge in [0.05, 0.1) is 12.8 Å². The molecule has 128 valence electrons. The van der Waals surface area contributed by atoms with E-state index in [1.807, 2.05) is 36.5 Å². The van der Waals surface area contributed by atoms with E-state index in [2.05, 4.69) is 37.0 Å². The van der Waals surface area contributed by atoms with E-state index in [1.54, 1.807) is 7.11 Å². The van der Waals surface area contributed by atoms with E-state index >= 15 is 0 Å². The quantitative estimate of drug-likeness (QED) is 0.477. The third-order valence-electron chi connectivity index (χ3n) is 3.59. The summed E-state index contributed by atoms with van der Waals surface area (Å²) in [6.45, 7) is 6.00. The summed E-state index contributed by atoms with van der Waals surface area (Å²) in [6, 6.07) is 16.3. The molecule has 0 aromatic heterocycles. The van der Waals surface area contributed by atoms with Crippen molar-refractivity contribution in [2.45, 2.75) is 26.7 Å². The van der Waals surface area contributed by atoms with Crippen molar-refractivity contribution in [1.82, 2.24) is 0 Å². The number of benzene rings is 2. The molecule has 0 fully saturated rings. The first-order valence-corrected chi connectivity index (χ1v) is 8.52. The van der Waals surface area contributed by atoms with Crippen LogP contribution < -0.4 is 4.74 Å². The third-order valence-corrected chi connectivity index (χ3v) is 3.59. The van der Waals surface area contributed by atoms with E-state index < -0.39 is 0 Å². The Labute approximate surface area is 145 Å². The van der Waals surface area contributed by atoms with Gasteiger partial charge in [0.1, 0.15) is 5.75 Å². The molecule has 0 N–H and O–H groups in total. The summed E-state index contributed by atoms with van der Waals surface area (Å²) >= 11 is 0. The van der Waals surface area contributed by atoms with E-state index in [0.717, 1.165) is 43.1 Å². The maximum atomic E-state index is 5.63. The van der Waals surface area contributed by atoms with Crippen LogP contribution in [0.1, 0.15) is 31.4 Å². The number of hydrogen-bond donors (Lipinski definition) is 0. The van der Waals surface area contributed by atoms with Gasteiger partial charge in [-0.05, 0) is 66.3 Å². The van der Waals surface area contributed by atoms with Crippen LogP contribution in [0, 0.1) is 5.92 Å². The lowest BCUT2D eigenvalue weighted by Gasteiger charge is -2.07. The fraction of sp³-hybridized carbons (Fsp3) is 0.381. The molecule has 2 aromatic carbocycles. The van der Waals surface area contributed by atoms with Crippen LogP contribution in [0.5, 0.6) is 5.75 Å². The molecule has 0 saturated carbocycles. The molecule has 0 amide bonds. The average Bonchev–Trinajstić information content (AvgIpc) is 2.60. The molecule has 2 rings (SSSR count). The Bertz CT molecular complexity index is 633. The maximum Gasteiger partial charge on any atom is 0.118 e. The zero-order chi connectivity index (χ0) is 17.2. The Hall–Kier alpha value is -2.13. The second-order valence-electron chi connectivity index (χ2n) is 6.27. The fourth-order valence-corrected chi connectivity index (χ4v) is 2.33. The number of aliphatic imine (C=N–C) groups is 1. The third kappa shape index (κ3) is 6.55. The average molecular weight is 325 g/mol. The lowest BCUT2D eigenvalue weighted by atomic mass is 10.1. The molecule has 2 aromatic rings. The Kier molecular flexibility index (Phi) is 7.50. The number of hydrogen-bond acceptors (Lipinski definition) is 3. The lowest BCUT2D eigenvalue weighted by molar-refractivity contribution is 0.108. The van der Waals surface area contributed by atoms with Gasteiger partial charge in [0.2, 0.25) is 0 Å². The summed E-state index contributed by atoms with van der Waals surface area (Å²) in [7, 11) is 1.67. The highest BCUT2D eigenvalue weighted by atomic mass is 16.5. The second-order valence-corrected chi connectivity index (χ2v) is 6.27. The smallest absolute Gasteiger partial charge is 0.118 e. The minimum atomic E-state index is 0.598. The van der Waals surface area contributed by atoms with Gasteiger partial charge in [-0.2, -0.15) is 0 Å². The molecule has 24 heavy (non-hydrogen) atoms. The first-order chi connectivity index (χ1) is 11.7. The minimum Gasteiger partial charge on any atom is -0.497 e. The predicted molar refractivity (Wildman–Crippen MR) is 101 cm³/mol. The van der Waals surface area contributed by atoms with E-state index in [1.165, 1.54) is 5.56 Å². The SMILES string of the molecule is COc1ccc(C=Nc2cccc(CCCOCC(C)C)c2)cc1. The van der Waals surface area contributed by atoms with E-state index in [9.17, 15) is 0 Å². The molecule has 3 nitrogen and oxygen atoms in total. The largest absolute Gasteiger partial charge is 0.497 e. The van der Waals surface area contributed by atoms with Crippen molar-refractivity contribution in [3.05, 3.63) is 59.7 Å². The van der Waals surface area contributed by atoms with Crippen LogP contribution in [0.2, 0.25) is 0 Å². The van der Waals surface area contributed by atoms with Crippen molar-refractivity contribution in [2.24, 2.45) is 10.9 Å². The van der Waals surface area contributed by atoms with Crippen molar-refractivity contribution in [1.29, 1.82) is 0 Å². The van der Waals surface area contributed by atoms with Crippen LogP contribution in [0.4, 0.5) is 5.69 Å². The summed E-state index contributed by atoms with van der Waals surface area (Å²) < 4.78 is 10.8. The number of methoxy groups -OCH3 is 1. The molecule has 0 radical (unpaired) electrons. The Morgan fingerprint density at radius 3 is 2.58 bits per heavy atom. The number of rotatable bonds is 9. The van der Waals surface area contributed by atoms with Crippen molar-refractivity contribution < 1.29 is 9.47 Å². The lowest BCUT2D eigenvalue weighted by Crippen LogP contribution is -2.03. The van der Waals surface area contributed by atoms with Crippen LogP contribution >= 0.6 is 0 Å². The molecule has 3 heteroatoms. The molecule has 0 unspecified atom stereocenters. The van der Waals surface area contributed by atoms with Crippen LogP contribution in [0.15, 0.2) is 53.5 Å². The summed E-state index contributed by atoms with van der Waals surface area (Å²) in [5, 5.41) is 0. The number of nitrogens with zero attached hydrogens (tertiary/aromatic N) is 1. The highest BCUT2D eigenvalue weighted by molar-refractivity contribution is 5.82. The zero-order valence-electron chi connectivity index (χ0n) is 14.9. The van der Waals surface area contributed by atoms with Crippen LogP contribution in [0.3, 0.4) is 0 Å².